The number of amides is 3. The van der Waals surface area contributed by atoms with Crippen LogP contribution in [0.3, 0.4) is 0 Å². The number of rotatable bonds is 10. The number of ether oxygens (including phenoxy) is 2. The van der Waals surface area contributed by atoms with Crippen molar-refractivity contribution in [3.8, 4) is 0 Å². The summed E-state index contributed by atoms with van der Waals surface area (Å²) in [5.41, 5.74) is 1.74. The molecule has 2 aromatic rings. The van der Waals surface area contributed by atoms with Crippen molar-refractivity contribution in [2.45, 2.75) is 118 Å². The first-order valence-electron chi connectivity index (χ1n) is 14.7. The van der Waals surface area contributed by atoms with Gasteiger partial charge in [-0.1, -0.05) is 59.7 Å². The Kier molecular flexibility index (Phi) is 11.9. The van der Waals surface area contributed by atoms with Crippen molar-refractivity contribution in [2.75, 3.05) is 0 Å². The van der Waals surface area contributed by atoms with Gasteiger partial charge in [-0.05, 0) is 87.3 Å². The number of nitrogens with one attached hydrogen (secondary N) is 2. The number of carbonyl (C=O) groups is 4. The van der Waals surface area contributed by atoms with Gasteiger partial charge in [-0.25, -0.2) is 9.59 Å². The van der Waals surface area contributed by atoms with Crippen molar-refractivity contribution >= 4 is 23.9 Å². The van der Waals surface area contributed by atoms with Crippen LogP contribution in [0.2, 0.25) is 0 Å². The highest BCUT2D eigenvalue weighted by atomic mass is 16.6. The minimum atomic E-state index is -1.10. The fraction of sp³-hybridized carbons (Fsp3) is 0.529. The number of esters is 1. The van der Waals surface area contributed by atoms with Gasteiger partial charge in [0.05, 0.1) is 0 Å². The Labute approximate surface area is 256 Å². The van der Waals surface area contributed by atoms with Crippen LogP contribution in [-0.2, 0) is 30.3 Å². The van der Waals surface area contributed by atoms with E-state index in [0.717, 1.165) is 16.7 Å². The van der Waals surface area contributed by atoms with Gasteiger partial charge in [-0.3, -0.25) is 9.59 Å². The minimum absolute atomic E-state index is 0.202. The second-order valence-electron chi connectivity index (χ2n) is 13.3. The molecule has 2 aromatic carbocycles. The highest BCUT2D eigenvalue weighted by Crippen LogP contribution is 2.27. The topological polar surface area (TPSA) is 114 Å². The van der Waals surface area contributed by atoms with E-state index in [2.05, 4.69) is 10.6 Å². The Morgan fingerprint density at radius 2 is 1.33 bits per heavy atom. The molecule has 0 spiro atoms. The van der Waals surface area contributed by atoms with Gasteiger partial charge in [0, 0.05) is 12.5 Å². The highest BCUT2D eigenvalue weighted by molar-refractivity contribution is 5.94. The van der Waals surface area contributed by atoms with Crippen molar-refractivity contribution in [2.24, 2.45) is 0 Å². The molecule has 0 heterocycles. The van der Waals surface area contributed by atoms with Gasteiger partial charge in [0.1, 0.15) is 29.3 Å². The van der Waals surface area contributed by atoms with Gasteiger partial charge < -0.3 is 25.0 Å². The number of aryl methyl sites for hydroxylation is 2. The van der Waals surface area contributed by atoms with Crippen LogP contribution in [0.5, 0.6) is 0 Å². The third kappa shape index (κ3) is 11.4. The molecule has 0 saturated carbocycles. The fourth-order valence-corrected chi connectivity index (χ4v) is 4.72. The molecule has 9 heteroatoms. The monoisotopic (exact) mass is 595 g/mol. The number of hydrogen-bond acceptors (Lipinski definition) is 6. The van der Waals surface area contributed by atoms with Gasteiger partial charge in [0.25, 0.3) is 0 Å². The maximum Gasteiger partial charge on any atom is 0.408 e. The standard InChI is InChI=1S/C34H49N3O6/c1-21(2)37(30(39)24(5)35-32(41)43-34(9,10)11)28(26-18-22(3)17-23(4)19-26)29(38)36-27(31(40)42-33(6,7)8)20-25-15-13-12-14-16-25/h12-19,21,24,27-28H,20H2,1-11H3,(H,35,41)(H,36,38). The summed E-state index contributed by atoms with van der Waals surface area (Å²) in [5.74, 6) is -1.59. The largest absolute Gasteiger partial charge is 0.458 e. The van der Waals surface area contributed by atoms with E-state index in [4.69, 9.17) is 9.47 Å². The van der Waals surface area contributed by atoms with E-state index in [9.17, 15) is 19.2 Å². The zero-order chi connectivity index (χ0) is 32.7. The molecular formula is C34H49N3O6. The molecule has 3 unspecified atom stereocenters. The molecule has 43 heavy (non-hydrogen) atoms. The zero-order valence-electron chi connectivity index (χ0n) is 27.5. The lowest BCUT2D eigenvalue weighted by Crippen LogP contribution is -2.56. The van der Waals surface area contributed by atoms with E-state index < -0.39 is 59.2 Å². The number of hydrogen-bond donors (Lipinski definition) is 2. The summed E-state index contributed by atoms with van der Waals surface area (Å²) in [4.78, 5) is 55.6. The Morgan fingerprint density at radius 1 is 0.791 bits per heavy atom. The molecule has 0 aromatic heterocycles. The SMILES string of the molecule is Cc1cc(C)cc(C(C(=O)NC(Cc2ccccc2)C(=O)OC(C)(C)C)N(C(=O)C(C)NC(=O)OC(C)(C)C)C(C)C)c1. The fourth-order valence-electron chi connectivity index (χ4n) is 4.72. The molecule has 0 radical (unpaired) electrons. The summed E-state index contributed by atoms with van der Waals surface area (Å²) < 4.78 is 11.0. The van der Waals surface area contributed by atoms with Crippen LogP contribution in [-0.4, -0.2) is 58.1 Å². The first-order valence-corrected chi connectivity index (χ1v) is 14.7. The lowest BCUT2D eigenvalue weighted by molar-refractivity contribution is -0.159. The maximum absolute atomic E-state index is 14.3. The summed E-state index contributed by atoms with van der Waals surface area (Å²) in [7, 11) is 0. The summed E-state index contributed by atoms with van der Waals surface area (Å²) in [6.07, 6.45) is -0.537. The van der Waals surface area contributed by atoms with Crippen molar-refractivity contribution in [1.82, 2.24) is 15.5 Å². The van der Waals surface area contributed by atoms with Crippen LogP contribution in [0.25, 0.3) is 0 Å². The first-order chi connectivity index (χ1) is 19.8. The van der Waals surface area contributed by atoms with Crippen LogP contribution < -0.4 is 10.6 Å². The second kappa shape index (κ2) is 14.5. The average molecular weight is 596 g/mol. The highest BCUT2D eigenvalue weighted by Gasteiger charge is 2.38. The van der Waals surface area contributed by atoms with Crippen LogP contribution in [0, 0.1) is 13.8 Å². The van der Waals surface area contributed by atoms with Gasteiger partial charge in [0.2, 0.25) is 11.8 Å². The van der Waals surface area contributed by atoms with Gasteiger partial charge in [-0.2, -0.15) is 0 Å². The lowest BCUT2D eigenvalue weighted by Gasteiger charge is -2.37. The number of carbonyl (C=O) groups excluding carboxylic acids is 4. The molecule has 2 rings (SSSR count). The molecule has 0 bridgehead atoms. The van der Waals surface area contributed by atoms with Gasteiger partial charge >= 0.3 is 12.1 Å². The molecule has 0 saturated heterocycles. The molecule has 9 nitrogen and oxygen atoms in total. The zero-order valence-corrected chi connectivity index (χ0v) is 27.5. The molecule has 0 fully saturated rings. The molecule has 3 atom stereocenters. The second-order valence-corrected chi connectivity index (χ2v) is 13.3. The predicted molar refractivity (Wildman–Crippen MR) is 167 cm³/mol. The molecule has 3 amide bonds. The number of benzene rings is 2. The summed E-state index contributed by atoms with van der Waals surface area (Å²) in [6.45, 7) is 19.5. The van der Waals surface area contributed by atoms with Crippen molar-refractivity contribution in [3.63, 3.8) is 0 Å². The molecule has 0 aliphatic heterocycles. The molecular weight excluding hydrogens is 546 g/mol. The molecule has 0 aliphatic rings. The summed E-state index contributed by atoms with van der Waals surface area (Å²) >= 11 is 0. The van der Waals surface area contributed by atoms with Crippen LogP contribution in [0.1, 0.15) is 90.6 Å². The third-order valence-corrected chi connectivity index (χ3v) is 6.29. The van der Waals surface area contributed by atoms with Crippen molar-refractivity contribution in [3.05, 3.63) is 70.8 Å². The van der Waals surface area contributed by atoms with Crippen LogP contribution in [0.15, 0.2) is 48.5 Å². The Morgan fingerprint density at radius 3 is 1.81 bits per heavy atom. The van der Waals surface area contributed by atoms with Crippen LogP contribution in [0.4, 0.5) is 4.79 Å². The van der Waals surface area contributed by atoms with Crippen molar-refractivity contribution in [1.29, 1.82) is 0 Å². The summed E-state index contributed by atoms with van der Waals surface area (Å²) in [6, 6.07) is 11.5. The van der Waals surface area contributed by atoms with Crippen molar-refractivity contribution < 1.29 is 28.7 Å². The smallest absolute Gasteiger partial charge is 0.408 e. The van der Waals surface area contributed by atoms with E-state index in [1.807, 2.05) is 62.4 Å². The Balaban J connectivity index is 2.55. The van der Waals surface area contributed by atoms with E-state index in [0.29, 0.717) is 5.56 Å². The third-order valence-electron chi connectivity index (χ3n) is 6.29. The van der Waals surface area contributed by atoms with E-state index in [1.165, 1.54) is 4.90 Å². The van der Waals surface area contributed by atoms with Crippen LogP contribution >= 0.6 is 0 Å². The Hall–Kier alpha value is -3.88. The lowest BCUT2D eigenvalue weighted by atomic mass is 9.96. The van der Waals surface area contributed by atoms with E-state index in [-0.39, 0.29) is 6.42 Å². The normalized spacial score (nSPS) is 13.9. The first kappa shape index (κ1) is 35.3. The van der Waals surface area contributed by atoms with E-state index in [1.54, 1.807) is 62.3 Å². The van der Waals surface area contributed by atoms with Gasteiger partial charge in [-0.15, -0.1) is 0 Å². The quantitative estimate of drug-likeness (QED) is 0.348. The maximum atomic E-state index is 14.3. The van der Waals surface area contributed by atoms with E-state index >= 15 is 0 Å². The minimum Gasteiger partial charge on any atom is -0.458 e. The predicted octanol–water partition coefficient (Wildman–Crippen LogP) is 5.56. The average Bonchev–Trinajstić information content (AvgIpc) is 2.83. The number of alkyl carbamates (subject to hydrolysis) is 1. The molecule has 2 N–H and O–H groups in total. The summed E-state index contributed by atoms with van der Waals surface area (Å²) in [5, 5.41) is 5.51. The molecule has 0 aliphatic carbocycles. The van der Waals surface area contributed by atoms with Gasteiger partial charge in [0.15, 0.2) is 0 Å². The number of nitrogens with zero attached hydrogens (tertiary/aromatic N) is 1. The Bertz CT molecular complexity index is 1260. The molecule has 236 valence electrons.